The predicted octanol–water partition coefficient (Wildman–Crippen LogP) is 4.27. The Kier molecular flexibility index (Phi) is 15.6. The summed E-state index contributed by atoms with van der Waals surface area (Å²) in [7, 11) is 2.92. The number of benzene rings is 1. The van der Waals surface area contributed by atoms with Gasteiger partial charge in [-0.05, 0) is 23.8 Å². The second kappa shape index (κ2) is 16.8. The first-order chi connectivity index (χ1) is 17.6. The van der Waals surface area contributed by atoms with E-state index in [0.29, 0.717) is 6.42 Å². The van der Waals surface area contributed by atoms with Crippen molar-refractivity contribution in [3.63, 3.8) is 0 Å². The van der Waals surface area contributed by atoms with Gasteiger partial charge in [0.2, 0.25) is 17.7 Å². The number of methoxy groups -OCH3 is 1. The Morgan fingerprint density at radius 2 is 1.53 bits per heavy atom. The Morgan fingerprint density at radius 3 is 1.95 bits per heavy atom. The van der Waals surface area contributed by atoms with Gasteiger partial charge >= 0.3 is 5.97 Å². The molecule has 0 aliphatic rings. The van der Waals surface area contributed by atoms with Crippen LogP contribution < -0.4 is 5.32 Å². The monoisotopic (exact) mass is 533 g/mol. The van der Waals surface area contributed by atoms with E-state index in [9.17, 15) is 19.2 Å². The SMILES string of the molecule is CC(C)C.CC[C@H](C(=O)NCC(=O)N(C)[C@H](CN(CC(=O)OC)C(C)=O)C(C)C)C(C)(C)c1ccccc1. The number of nitrogens with zero attached hydrogens (tertiary/aromatic N) is 2. The summed E-state index contributed by atoms with van der Waals surface area (Å²) in [5.41, 5.74) is 0.668. The van der Waals surface area contributed by atoms with Gasteiger partial charge in [0, 0.05) is 31.8 Å². The highest BCUT2D eigenvalue weighted by atomic mass is 16.5. The summed E-state index contributed by atoms with van der Waals surface area (Å²) >= 11 is 0. The zero-order valence-electron chi connectivity index (χ0n) is 25.5. The Bertz CT molecular complexity index is 880. The largest absolute Gasteiger partial charge is 0.468 e. The van der Waals surface area contributed by atoms with E-state index >= 15 is 0 Å². The third-order valence-corrected chi connectivity index (χ3v) is 6.59. The second-order valence-corrected chi connectivity index (χ2v) is 11.3. The van der Waals surface area contributed by atoms with Crippen LogP contribution >= 0.6 is 0 Å². The lowest BCUT2D eigenvalue weighted by Crippen LogP contribution is -2.52. The third-order valence-electron chi connectivity index (χ3n) is 6.59. The Balaban J connectivity index is 0.00000318. The number of hydrogen-bond acceptors (Lipinski definition) is 5. The molecule has 0 aliphatic heterocycles. The van der Waals surface area contributed by atoms with Crippen molar-refractivity contribution in [1.29, 1.82) is 0 Å². The van der Waals surface area contributed by atoms with E-state index in [0.717, 1.165) is 11.5 Å². The van der Waals surface area contributed by atoms with Gasteiger partial charge in [-0.3, -0.25) is 19.2 Å². The van der Waals surface area contributed by atoms with Crippen LogP contribution in [0.4, 0.5) is 0 Å². The number of ether oxygens (including phenoxy) is 1. The van der Waals surface area contributed by atoms with Crippen LogP contribution in [0.3, 0.4) is 0 Å². The zero-order valence-corrected chi connectivity index (χ0v) is 25.5. The molecule has 3 amide bonds. The maximum absolute atomic E-state index is 13.1. The molecule has 0 radical (unpaired) electrons. The summed E-state index contributed by atoms with van der Waals surface area (Å²) in [6, 6.07) is 9.54. The standard InChI is InChI=1S/C26H41N3O5.C4H10/c1-9-21(26(5,6)20-13-11-10-12-14-20)25(33)27-15-23(31)28(7)22(18(2)3)16-29(19(4)30)17-24(32)34-8;1-4(2)3/h10-14,18,21-22H,9,15-17H2,1-8H3,(H,27,33);4H,1-3H3/t21-,22-;/m1./s1. The van der Waals surface area contributed by atoms with E-state index in [-0.39, 0.29) is 55.2 Å². The van der Waals surface area contributed by atoms with Crippen molar-refractivity contribution in [2.24, 2.45) is 17.8 Å². The van der Waals surface area contributed by atoms with Crippen LogP contribution in [0.25, 0.3) is 0 Å². The molecule has 8 nitrogen and oxygen atoms in total. The van der Waals surface area contributed by atoms with Gasteiger partial charge in [-0.25, -0.2) is 0 Å². The molecule has 0 fully saturated rings. The van der Waals surface area contributed by atoms with Gasteiger partial charge in [0.1, 0.15) is 6.54 Å². The van der Waals surface area contributed by atoms with Crippen LogP contribution in [0.15, 0.2) is 30.3 Å². The molecule has 1 rings (SSSR count). The molecule has 1 N–H and O–H groups in total. The molecule has 1 aromatic rings. The average molecular weight is 534 g/mol. The minimum absolute atomic E-state index is 0.0181. The number of esters is 1. The first kappa shape index (κ1) is 35.1. The smallest absolute Gasteiger partial charge is 0.325 e. The van der Waals surface area contributed by atoms with E-state index < -0.39 is 11.4 Å². The fraction of sp³-hybridized carbons (Fsp3) is 0.667. The first-order valence-electron chi connectivity index (χ1n) is 13.5. The Morgan fingerprint density at radius 1 is 1.00 bits per heavy atom. The number of nitrogens with one attached hydrogen (secondary N) is 1. The van der Waals surface area contributed by atoms with Crippen molar-refractivity contribution in [3.05, 3.63) is 35.9 Å². The lowest BCUT2D eigenvalue weighted by molar-refractivity contribution is -0.147. The summed E-state index contributed by atoms with van der Waals surface area (Å²) in [4.78, 5) is 52.7. The van der Waals surface area contributed by atoms with Gasteiger partial charge in [-0.1, -0.05) is 85.7 Å². The van der Waals surface area contributed by atoms with Crippen molar-refractivity contribution in [3.8, 4) is 0 Å². The van der Waals surface area contributed by atoms with E-state index in [1.54, 1.807) is 11.9 Å². The average Bonchev–Trinajstić information content (AvgIpc) is 2.84. The van der Waals surface area contributed by atoms with Crippen LogP contribution in [0.5, 0.6) is 0 Å². The Labute approximate surface area is 230 Å². The molecule has 1 aromatic carbocycles. The Hall–Kier alpha value is -2.90. The maximum Gasteiger partial charge on any atom is 0.325 e. The topological polar surface area (TPSA) is 96.0 Å². The second-order valence-electron chi connectivity index (χ2n) is 11.3. The van der Waals surface area contributed by atoms with Gasteiger partial charge < -0.3 is 19.9 Å². The minimum atomic E-state index is -0.523. The molecule has 0 saturated heterocycles. The number of rotatable bonds is 12. The summed E-state index contributed by atoms with van der Waals surface area (Å²) < 4.78 is 4.68. The lowest BCUT2D eigenvalue weighted by Gasteiger charge is -2.36. The maximum atomic E-state index is 13.1. The van der Waals surface area contributed by atoms with E-state index in [4.69, 9.17) is 0 Å². The lowest BCUT2D eigenvalue weighted by atomic mass is 9.71. The predicted molar refractivity (Wildman–Crippen MR) is 152 cm³/mol. The molecule has 0 heterocycles. The van der Waals surface area contributed by atoms with Crippen LogP contribution in [-0.4, -0.2) is 73.3 Å². The van der Waals surface area contributed by atoms with Gasteiger partial charge in [-0.2, -0.15) is 0 Å². The molecule has 0 bridgehead atoms. The highest BCUT2D eigenvalue weighted by Gasteiger charge is 2.35. The van der Waals surface area contributed by atoms with Crippen molar-refractivity contribution in [2.75, 3.05) is 33.8 Å². The van der Waals surface area contributed by atoms with Crippen LogP contribution in [0.1, 0.15) is 74.3 Å². The fourth-order valence-electron chi connectivity index (χ4n) is 4.22. The summed E-state index contributed by atoms with van der Waals surface area (Å²) in [5, 5.41) is 2.82. The van der Waals surface area contributed by atoms with Crippen molar-refractivity contribution >= 4 is 23.7 Å². The van der Waals surface area contributed by atoms with Crippen molar-refractivity contribution in [2.45, 2.75) is 80.2 Å². The molecular weight excluding hydrogens is 482 g/mol. The highest BCUT2D eigenvalue weighted by Crippen LogP contribution is 2.33. The normalized spacial score (nSPS) is 12.7. The highest BCUT2D eigenvalue weighted by molar-refractivity contribution is 5.87. The molecular formula is C30H51N3O5. The van der Waals surface area contributed by atoms with E-state index in [1.165, 1.54) is 18.9 Å². The summed E-state index contributed by atoms with van der Waals surface area (Å²) in [5.74, 6) is -0.687. The first-order valence-corrected chi connectivity index (χ1v) is 13.5. The minimum Gasteiger partial charge on any atom is -0.468 e. The quantitative estimate of drug-likeness (QED) is 0.405. The number of amides is 3. The molecule has 216 valence electrons. The van der Waals surface area contributed by atoms with Crippen LogP contribution in [-0.2, 0) is 29.3 Å². The third kappa shape index (κ3) is 11.7. The fourth-order valence-corrected chi connectivity index (χ4v) is 4.22. The molecule has 8 heteroatoms. The van der Waals surface area contributed by atoms with Crippen molar-refractivity contribution in [1.82, 2.24) is 15.1 Å². The molecule has 0 saturated carbocycles. The van der Waals surface area contributed by atoms with Crippen molar-refractivity contribution < 1.29 is 23.9 Å². The molecule has 0 unspecified atom stereocenters. The van der Waals surface area contributed by atoms with E-state index in [1.807, 2.05) is 65.0 Å². The number of carbonyl (C=O) groups excluding carboxylic acids is 4. The van der Waals surface area contributed by atoms with Gasteiger partial charge in [-0.15, -0.1) is 0 Å². The van der Waals surface area contributed by atoms with Gasteiger partial charge in [0.05, 0.1) is 19.7 Å². The zero-order chi connectivity index (χ0) is 29.6. The molecule has 2 atom stereocenters. The van der Waals surface area contributed by atoms with Gasteiger partial charge in [0.15, 0.2) is 0 Å². The van der Waals surface area contributed by atoms with E-state index in [2.05, 4.69) is 30.8 Å². The molecule has 0 spiro atoms. The summed E-state index contributed by atoms with van der Waals surface area (Å²) in [6.07, 6.45) is 0.632. The van der Waals surface area contributed by atoms with Gasteiger partial charge in [0.25, 0.3) is 0 Å². The molecule has 38 heavy (non-hydrogen) atoms. The molecule has 0 aliphatic carbocycles. The van der Waals surface area contributed by atoms with Crippen LogP contribution in [0, 0.1) is 17.8 Å². The summed E-state index contributed by atoms with van der Waals surface area (Å²) in [6.45, 7) is 17.7. The van der Waals surface area contributed by atoms with Crippen LogP contribution in [0.2, 0.25) is 0 Å². The number of carbonyl (C=O) groups is 4. The number of hydrogen-bond donors (Lipinski definition) is 1. The molecule has 0 aromatic heterocycles. The number of likely N-dealkylation sites (N-methyl/N-ethyl adjacent to an activating group) is 1.